The van der Waals surface area contributed by atoms with Crippen molar-refractivity contribution in [1.29, 1.82) is 0 Å². The second-order valence-corrected chi connectivity index (χ2v) is 22.2. The van der Waals surface area contributed by atoms with Crippen LogP contribution < -0.4 is 14.2 Å². The fourth-order valence-corrected chi connectivity index (χ4v) is 13.2. The van der Waals surface area contributed by atoms with Crippen LogP contribution in [0.25, 0.3) is 0 Å². The Morgan fingerprint density at radius 3 is 0.957 bits per heavy atom. The van der Waals surface area contributed by atoms with Gasteiger partial charge in [-0.1, -0.05) is 75.4 Å². The molecular weight excluding hydrogens is 907 g/mol. The van der Waals surface area contributed by atoms with Crippen LogP contribution in [0.4, 0.5) is 0 Å². The molecule has 0 saturated carbocycles. The molecule has 3 aromatic heterocycles. The predicted molar refractivity (Wildman–Crippen MR) is 296 cm³/mol. The predicted octanol–water partition coefficient (Wildman–Crippen LogP) is 13.7. The Morgan fingerprint density at radius 1 is 0.406 bits per heavy atom. The first-order valence-electron chi connectivity index (χ1n) is 26.2. The molecule has 0 amide bonds. The molecule has 3 aliphatic rings. The highest BCUT2D eigenvalue weighted by atomic mass is 32.1. The molecule has 0 saturated heterocycles. The van der Waals surface area contributed by atoms with Crippen molar-refractivity contribution in [3.05, 3.63) is 155 Å². The molecule has 0 radical (unpaired) electrons. The number of nitrogens with zero attached hydrogens (tertiary/aromatic N) is 3. The molecular formula is C60H81N3O3S3. The third-order valence-corrected chi connectivity index (χ3v) is 17.5. The summed E-state index contributed by atoms with van der Waals surface area (Å²) in [4.78, 5) is 12.6. The van der Waals surface area contributed by atoms with Crippen LogP contribution in [0, 0.1) is 0 Å². The van der Waals surface area contributed by atoms with Crippen LogP contribution in [0.15, 0.2) is 107 Å². The van der Waals surface area contributed by atoms with E-state index in [-0.39, 0.29) is 0 Å². The lowest BCUT2D eigenvalue weighted by Gasteiger charge is -2.35. The van der Waals surface area contributed by atoms with Crippen molar-refractivity contribution in [2.24, 2.45) is 0 Å². The van der Waals surface area contributed by atoms with Gasteiger partial charge in [-0.3, -0.25) is 14.7 Å². The molecule has 1 unspecified atom stereocenters. The Morgan fingerprint density at radius 2 is 0.710 bits per heavy atom. The highest BCUT2D eigenvalue weighted by Crippen LogP contribution is 2.34. The van der Waals surface area contributed by atoms with Crippen LogP contribution in [0.2, 0.25) is 0 Å². The Labute approximate surface area is 428 Å². The maximum absolute atomic E-state index is 5.60. The average molecular weight is 989 g/mol. The van der Waals surface area contributed by atoms with E-state index in [0.717, 1.165) is 36.5 Å². The summed E-state index contributed by atoms with van der Waals surface area (Å²) in [6.45, 7) is 14.0. The number of rotatable bonds is 21. The fraction of sp³-hybridized carbons (Fsp3) is 0.500. The normalized spacial score (nSPS) is 17.3. The Balaban J connectivity index is 0.000000153. The molecule has 69 heavy (non-hydrogen) atoms. The molecule has 6 nitrogen and oxygen atoms in total. The van der Waals surface area contributed by atoms with Crippen molar-refractivity contribution in [3.8, 4) is 17.2 Å². The molecule has 0 N–H and O–H groups in total. The van der Waals surface area contributed by atoms with Crippen molar-refractivity contribution in [3.63, 3.8) is 0 Å². The van der Waals surface area contributed by atoms with Gasteiger partial charge in [0.25, 0.3) is 0 Å². The first-order chi connectivity index (χ1) is 33.9. The Hall–Kier alpha value is -3.96. The van der Waals surface area contributed by atoms with Crippen LogP contribution in [0.5, 0.6) is 17.2 Å². The van der Waals surface area contributed by atoms with Gasteiger partial charge < -0.3 is 14.2 Å². The minimum Gasteiger partial charge on any atom is -0.496 e. The number of benzene rings is 3. The number of hydrogen-bond donors (Lipinski definition) is 0. The minimum absolute atomic E-state index is 0.652. The molecule has 9 heteroatoms. The monoisotopic (exact) mass is 988 g/mol. The summed E-state index contributed by atoms with van der Waals surface area (Å²) in [7, 11) is 5.37. The average Bonchev–Trinajstić information content (AvgIpc) is 4.24. The van der Waals surface area contributed by atoms with E-state index < -0.39 is 0 Å². The van der Waals surface area contributed by atoms with Gasteiger partial charge in [0.1, 0.15) is 17.2 Å². The molecule has 0 fully saturated rings. The lowest BCUT2D eigenvalue weighted by molar-refractivity contribution is 0.181. The van der Waals surface area contributed by atoms with Crippen LogP contribution in [0.3, 0.4) is 0 Å². The lowest BCUT2D eigenvalue weighted by atomic mass is 9.86. The first-order valence-corrected chi connectivity index (χ1v) is 28.8. The lowest BCUT2D eigenvalue weighted by Crippen LogP contribution is -2.41. The fourth-order valence-electron chi connectivity index (χ4n) is 11.1. The van der Waals surface area contributed by atoms with Crippen molar-refractivity contribution in [1.82, 2.24) is 14.7 Å². The van der Waals surface area contributed by atoms with E-state index in [1.54, 1.807) is 21.3 Å². The quantitative estimate of drug-likeness (QED) is 0.0715. The van der Waals surface area contributed by atoms with Crippen molar-refractivity contribution < 1.29 is 14.2 Å². The topological polar surface area (TPSA) is 37.4 Å². The first kappa shape index (κ1) is 52.9. The van der Waals surface area contributed by atoms with Gasteiger partial charge >= 0.3 is 0 Å². The van der Waals surface area contributed by atoms with Crippen LogP contribution in [0.1, 0.15) is 107 Å². The van der Waals surface area contributed by atoms with E-state index >= 15 is 0 Å². The maximum atomic E-state index is 5.60. The summed E-state index contributed by atoms with van der Waals surface area (Å²) in [5, 5.41) is 6.55. The maximum Gasteiger partial charge on any atom is 0.122 e. The van der Waals surface area contributed by atoms with Crippen LogP contribution >= 0.6 is 34.0 Å². The zero-order valence-electron chi connectivity index (χ0n) is 42.8. The van der Waals surface area contributed by atoms with E-state index in [9.17, 15) is 0 Å². The van der Waals surface area contributed by atoms with Gasteiger partial charge in [-0.15, -0.1) is 34.0 Å². The smallest absolute Gasteiger partial charge is 0.122 e. The van der Waals surface area contributed by atoms with Crippen molar-refractivity contribution in [2.75, 3.05) is 60.6 Å². The molecule has 9 rings (SSSR count). The van der Waals surface area contributed by atoms with Gasteiger partial charge in [0.15, 0.2) is 0 Å². The molecule has 3 heterocycles. The largest absolute Gasteiger partial charge is 0.496 e. The number of methoxy groups -OCH3 is 3. The highest BCUT2D eigenvalue weighted by molar-refractivity contribution is 7.10. The molecule has 6 aromatic rings. The molecule has 0 aliphatic heterocycles. The van der Waals surface area contributed by atoms with Crippen LogP contribution in [-0.2, 0) is 57.8 Å². The summed E-state index contributed by atoms with van der Waals surface area (Å²) in [5.41, 5.74) is 8.75. The summed E-state index contributed by atoms with van der Waals surface area (Å²) in [5.74, 6) is 3.21. The Bertz CT molecular complexity index is 2040. The molecule has 3 atom stereocenters. The van der Waals surface area contributed by atoms with Crippen molar-refractivity contribution in [2.45, 2.75) is 135 Å². The number of fused-ring (bicyclic) bond motifs is 3. The van der Waals surface area contributed by atoms with Crippen molar-refractivity contribution >= 4 is 34.0 Å². The summed E-state index contributed by atoms with van der Waals surface area (Å²) in [6, 6.07) is 34.7. The number of aryl methyl sites for hydroxylation is 3. The highest BCUT2D eigenvalue weighted by Gasteiger charge is 2.28. The van der Waals surface area contributed by atoms with Crippen LogP contribution in [-0.4, -0.2) is 93.4 Å². The van der Waals surface area contributed by atoms with Gasteiger partial charge in [-0.25, -0.2) is 0 Å². The number of thiophene rings is 3. The second-order valence-electron chi connectivity index (χ2n) is 19.1. The van der Waals surface area contributed by atoms with E-state index in [2.05, 4.69) is 143 Å². The zero-order chi connectivity index (χ0) is 48.2. The second kappa shape index (κ2) is 28.2. The Kier molecular flexibility index (Phi) is 21.6. The minimum atomic E-state index is 0.652. The SMILES string of the molecule is CCCN(CCc1cccs1)C1CCc2cccc(OC)c2C1.CCCN(CCc1cccs1)[C@@H]1CCc2cccc(OC)c2C1.CCCN(CCc1cccs1)[C@H]1CCc2cccc(OC)c2C1. The third kappa shape index (κ3) is 15.0. The number of ether oxygens (including phenoxy) is 3. The molecule has 3 aromatic carbocycles. The molecule has 372 valence electrons. The molecule has 3 aliphatic carbocycles. The zero-order valence-corrected chi connectivity index (χ0v) is 45.2. The standard InChI is InChI=1S/3C20H27NOS/c3*1-3-12-21(13-11-18-7-5-14-23-18)17-10-9-16-6-4-8-20(22-2)19(16)15-17/h3*4-8,14,17H,3,9-13,15H2,1-2H3/t2*17-;/m10./s1. The van der Waals surface area contributed by atoms with E-state index in [4.69, 9.17) is 14.2 Å². The summed E-state index contributed by atoms with van der Waals surface area (Å²) < 4.78 is 16.8. The van der Waals surface area contributed by atoms with E-state index in [1.165, 1.54) is 164 Å². The van der Waals surface area contributed by atoms with Gasteiger partial charge in [0.05, 0.1) is 21.3 Å². The summed E-state index contributed by atoms with van der Waals surface area (Å²) >= 11 is 5.63. The summed E-state index contributed by atoms with van der Waals surface area (Å²) in [6.07, 6.45) is 17.9. The third-order valence-electron chi connectivity index (χ3n) is 14.7. The van der Waals surface area contributed by atoms with Gasteiger partial charge in [0, 0.05) is 52.4 Å². The molecule has 0 spiro atoms. The van der Waals surface area contributed by atoms with Gasteiger partial charge in [-0.2, -0.15) is 0 Å². The number of hydrogen-bond acceptors (Lipinski definition) is 9. The molecule has 0 bridgehead atoms. The van der Waals surface area contributed by atoms with E-state index in [0.29, 0.717) is 18.1 Å². The van der Waals surface area contributed by atoms with Gasteiger partial charge in [-0.05, 0) is 202 Å². The van der Waals surface area contributed by atoms with E-state index in [1.807, 2.05) is 34.0 Å². The van der Waals surface area contributed by atoms with Gasteiger partial charge in [0.2, 0.25) is 0 Å².